The third-order valence-electron chi connectivity index (χ3n) is 4.58. The number of carbonyl (C=O) groups is 1. The van der Waals surface area contributed by atoms with Crippen molar-refractivity contribution in [3.63, 3.8) is 0 Å². The fourth-order valence-electron chi connectivity index (χ4n) is 3.22. The predicted molar refractivity (Wildman–Crippen MR) is 107 cm³/mol. The van der Waals surface area contributed by atoms with Gasteiger partial charge in [0.2, 0.25) is 5.28 Å². The van der Waals surface area contributed by atoms with Gasteiger partial charge in [-0.15, -0.1) is 0 Å². The molecular weight excluding hydrogens is 360 g/mol. The van der Waals surface area contributed by atoms with Gasteiger partial charge >= 0.3 is 0 Å². The molecule has 0 atom stereocenters. The molecule has 5 nitrogen and oxygen atoms in total. The second-order valence-electron chi connectivity index (χ2n) is 6.22. The summed E-state index contributed by atoms with van der Waals surface area (Å²) in [7, 11) is 0. The molecule has 0 unspecified atom stereocenters. The quantitative estimate of drug-likeness (QED) is 0.558. The number of nitrogens with zero attached hydrogens (tertiary/aromatic N) is 3. The standard InChI is InChI=1S/C21H19ClN4O/c1-2-25-19-11-10-15(13-18(19)24-21(25)22)20(27)23-14-17-9-6-12-26(17)16-7-4-3-5-8-16/h3-13H,2,14H2,1H3,(H,23,27). The largest absolute Gasteiger partial charge is 0.346 e. The molecule has 1 amide bonds. The number of para-hydroxylation sites is 1. The number of fused-ring (bicyclic) bond motifs is 1. The van der Waals surface area contributed by atoms with Crippen molar-refractivity contribution in [2.45, 2.75) is 20.0 Å². The van der Waals surface area contributed by atoms with Gasteiger partial charge in [-0.2, -0.15) is 0 Å². The van der Waals surface area contributed by atoms with Crippen molar-refractivity contribution in [2.24, 2.45) is 0 Å². The zero-order valence-electron chi connectivity index (χ0n) is 14.9. The number of benzene rings is 2. The maximum Gasteiger partial charge on any atom is 0.251 e. The molecule has 0 aliphatic carbocycles. The second-order valence-corrected chi connectivity index (χ2v) is 6.55. The average Bonchev–Trinajstić information content (AvgIpc) is 3.29. The number of nitrogens with one attached hydrogen (secondary N) is 1. The van der Waals surface area contributed by atoms with Crippen molar-refractivity contribution in [2.75, 3.05) is 0 Å². The number of aryl methyl sites for hydroxylation is 1. The zero-order valence-corrected chi connectivity index (χ0v) is 15.6. The topological polar surface area (TPSA) is 51.9 Å². The summed E-state index contributed by atoms with van der Waals surface area (Å²) >= 11 is 6.15. The smallest absolute Gasteiger partial charge is 0.251 e. The molecule has 2 aromatic heterocycles. The zero-order chi connectivity index (χ0) is 18.8. The number of rotatable bonds is 5. The van der Waals surface area contributed by atoms with Gasteiger partial charge in [-0.3, -0.25) is 4.79 Å². The Morgan fingerprint density at radius 2 is 1.93 bits per heavy atom. The highest BCUT2D eigenvalue weighted by Crippen LogP contribution is 2.21. The fourth-order valence-corrected chi connectivity index (χ4v) is 3.52. The first-order chi connectivity index (χ1) is 13.2. The molecule has 1 N–H and O–H groups in total. The van der Waals surface area contributed by atoms with Crippen LogP contribution in [-0.2, 0) is 13.1 Å². The van der Waals surface area contributed by atoms with Crippen LogP contribution in [0.15, 0.2) is 66.9 Å². The van der Waals surface area contributed by atoms with E-state index in [1.807, 2.05) is 66.2 Å². The first-order valence-corrected chi connectivity index (χ1v) is 9.21. The lowest BCUT2D eigenvalue weighted by Gasteiger charge is -2.10. The predicted octanol–water partition coefficient (Wildman–Crippen LogP) is 4.43. The minimum atomic E-state index is -0.139. The molecule has 4 aromatic rings. The van der Waals surface area contributed by atoms with E-state index in [-0.39, 0.29) is 5.91 Å². The van der Waals surface area contributed by atoms with E-state index in [4.69, 9.17) is 11.6 Å². The molecule has 4 rings (SSSR count). The molecule has 2 heterocycles. The molecule has 0 fully saturated rings. The van der Waals surface area contributed by atoms with Crippen LogP contribution in [0.2, 0.25) is 5.28 Å². The summed E-state index contributed by atoms with van der Waals surface area (Å²) in [5.41, 5.74) is 4.29. The van der Waals surface area contributed by atoms with E-state index in [2.05, 4.69) is 14.9 Å². The summed E-state index contributed by atoms with van der Waals surface area (Å²) < 4.78 is 3.97. The van der Waals surface area contributed by atoms with Crippen LogP contribution in [0.4, 0.5) is 0 Å². The summed E-state index contributed by atoms with van der Waals surface area (Å²) in [6.45, 7) is 3.18. The molecule has 0 bridgehead atoms. The highest BCUT2D eigenvalue weighted by Gasteiger charge is 2.12. The van der Waals surface area contributed by atoms with E-state index in [1.165, 1.54) is 0 Å². The molecule has 27 heavy (non-hydrogen) atoms. The van der Waals surface area contributed by atoms with Crippen LogP contribution in [0.3, 0.4) is 0 Å². The van der Waals surface area contributed by atoms with E-state index >= 15 is 0 Å². The maximum absolute atomic E-state index is 12.6. The summed E-state index contributed by atoms with van der Waals surface area (Å²) in [6, 6.07) is 19.5. The lowest BCUT2D eigenvalue weighted by Crippen LogP contribution is -2.24. The highest BCUT2D eigenvalue weighted by atomic mass is 35.5. The van der Waals surface area contributed by atoms with Crippen LogP contribution in [0.5, 0.6) is 0 Å². The monoisotopic (exact) mass is 378 g/mol. The second kappa shape index (κ2) is 7.29. The van der Waals surface area contributed by atoms with Crippen molar-refractivity contribution in [1.82, 2.24) is 19.4 Å². The van der Waals surface area contributed by atoms with Gasteiger partial charge in [-0.25, -0.2) is 4.98 Å². The minimum absolute atomic E-state index is 0.139. The Morgan fingerprint density at radius 3 is 2.70 bits per heavy atom. The Hall–Kier alpha value is -3.05. The van der Waals surface area contributed by atoms with E-state index in [0.29, 0.717) is 17.4 Å². The van der Waals surface area contributed by atoms with Crippen molar-refractivity contribution in [3.05, 3.63) is 83.4 Å². The number of carbonyl (C=O) groups excluding carboxylic acids is 1. The van der Waals surface area contributed by atoms with Crippen molar-refractivity contribution in [3.8, 4) is 5.69 Å². The molecule has 136 valence electrons. The fraction of sp³-hybridized carbons (Fsp3) is 0.143. The highest BCUT2D eigenvalue weighted by molar-refractivity contribution is 6.29. The van der Waals surface area contributed by atoms with E-state index in [1.54, 1.807) is 12.1 Å². The molecule has 6 heteroatoms. The van der Waals surface area contributed by atoms with Crippen LogP contribution in [0.1, 0.15) is 23.0 Å². The Balaban J connectivity index is 1.52. The summed E-state index contributed by atoms with van der Waals surface area (Å²) in [4.78, 5) is 16.9. The SMILES string of the molecule is CCn1c(Cl)nc2cc(C(=O)NCc3cccn3-c3ccccc3)ccc21. The molecule has 0 aliphatic heterocycles. The molecule has 0 saturated heterocycles. The number of hydrogen-bond acceptors (Lipinski definition) is 2. The van der Waals surface area contributed by atoms with E-state index < -0.39 is 0 Å². The third kappa shape index (κ3) is 3.34. The van der Waals surface area contributed by atoms with Gasteiger partial charge in [-0.05, 0) is 61.0 Å². The summed E-state index contributed by atoms with van der Waals surface area (Å²) in [5.74, 6) is -0.139. The van der Waals surface area contributed by atoms with Gasteiger partial charge < -0.3 is 14.5 Å². The normalized spacial score (nSPS) is 11.0. The Morgan fingerprint density at radius 1 is 1.11 bits per heavy atom. The van der Waals surface area contributed by atoms with Crippen molar-refractivity contribution in [1.29, 1.82) is 0 Å². The van der Waals surface area contributed by atoms with Gasteiger partial charge in [0.05, 0.1) is 17.6 Å². The Bertz CT molecular complexity index is 1100. The number of amides is 1. The van der Waals surface area contributed by atoms with Crippen molar-refractivity contribution < 1.29 is 4.79 Å². The van der Waals surface area contributed by atoms with Gasteiger partial charge in [0, 0.05) is 29.7 Å². The molecule has 0 spiro atoms. The van der Waals surface area contributed by atoms with Crippen LogP contribution >= 0.6 is 11.6 Å². The summed E-state index contributed by atoms with van der Waals surface area (Å²) in [6.07, 6.45) is 1.99. The summed E-state index contributed by atoms with van der Waals surface area (Å²) in [5, 5.41) is 3.42. The minimum Gasteiger partial charge on any atom is -0.346 e. The van der Waals surface area contributed by atoms with Crippen LogP contribution < -0.4 is 5.32 Å². The van der Waals surface area contributed by atoms with Crippen LogP contribution in [-0.4, -0.2) is 20.0 Å². The maximum atomic E-state index is 12.6. The number of halogens is 1. The lowest BCUT2D eigenvalue weighted by atomic mass is 10.2. The molecular formula is C21H19ClN4O. The number of hydrogen-bond donors (Lipinski definition) is 1. The molecule has 0 saturated carbocycles. The van der Waals surface area contributed by atoms with Gasteiger partial charge in [0.15, 0.2) is 0 Å². The van der Waals surface area contributed by atoms with E-state index in [0.717, 1.165) is 29.0 Å². The first-order valence-electron chi connectivity index (χ1n) is 8.83. The first kappa shape index (κ1) is 17.4. The third-order valence-corrected chi connectivity index (χ3v) is 4.87. The molecule has 0 aliphatic rings. The van der Waals surface area contributed by atoms with E-state index in [9.17, 15) is 4.79 Å². The van der Waals surface area contributed by atoms with Gasteiger partial charge in [0.1, 0.15) is 0 Å². The van der Waals surface area contributed by atoms with Crippen molar-refractivity contribution >= 4 is 28.5 Å². The van der Waals surface area contributed by atoms with Crippen LogP contribution in [0.25, 0.3) is 16.7 Å². The van der Waals surface area contributed by atoms with Crippen LogP contribution in [0, 0.1) is 0 Å². The van der Waals surface area contributed by atoms with Gasteiger partial charge in [0.25, 0.3) is 5.91 Å². The number of imidazole rings is 1. The molecule has 0 radical (unpaired) electrons. The Labute approximate surface area is 162 Å². The van der Waals surface area contributed by atoms with Gasteiger partial charge in [-0.1, -0.05) is 18.2 Å². The number of aromatic nitrogens is 3. The Kier molecular flexibility index (Phi) is 4.69. The lowest BCUT2D eigenvalue weighted by molar-refractivity contribution is 0.0950. The average molecular weight is 379 g/mol. The molecule has 2 aromatic carbocycles.